The summed E-state index contributed by atoms with van der Waals surface area (Å²) >= 11 is 0. The molecule has 1 fully saturated rings. The number of carbonyl (C=O) groups is 1. The topological polar surface area (TPSA) is 64.3 Å². The van der Waals surface area contributed by atoms with Crippen LogP contribution in [0.2, 0.25) is 0 Å². The lowest BCUT2D eigenvalue weighted by Gasteiger charge is -2.14. The van der Waals surface area contributed by atoms with Gasteiger partial charge in [-0.25, -0.2) is 4.39 Å². The van der Waals surface area contributed by atoms with Crippen molar-refractivity contribution in [3.63, 3.8) is 0 Å². The Balaban J connectivity index is 0.00000220. The first-order valence-electron chi connectivity index (χ1n) is 6.95. The third-order valence-electron chi connectivity index (χ3n) is 3.87. The minimum absolute atomic E-state index is 0. The molecular formula is C15H22ClFN2O2. The maximum Gasteiger partial charge on any atom is 0.220 e. The van der Waals surface area contributed by atoms with Gasteiger partial charge in [0, 0.05) is 19.0 Å². The summed E-state index contributed by atoms with van der Waals surface area (Å²) in [6.07, 6.45) is 3.58. The van der Waals surface area contributed by atoms with E-state index in [0.717, 1.165) is 19.3 Å². The van der Waals surface area contributed by atoms with Gasteiger partial charge in [-0.2, -0.15) is 0 Å². The Morgan fingerprint density at radius 2 is 2.24 bits per heavy atom. The predicted molar refractivity (Wildman–Crippen MR) is 82.0 cm³/mol. The Morgan fingerprint density at radius 1 is 1.48 bits per heavy atom. The van der Waals surface area contributed by atoms with Gasteiger partial charge in [0.05, 0.1) is 7.11 Å². The van der Waals surface area contributed by atoms with Gasteiger partial charge in [-0.3, -0.25) is 4.79 Å². The molecule has 2 rings (SSSR count). The number of nitrogens with two attached hydrogens (primary N) is 1. The zero-order chi connectivity index (χ0) is 14.5. The molecule has 1 aromatic rings. The number of methoxy groups -OCH3 is 1. The molecule has 0 aromatic heterocycles. The molecule has 1 amide bonds. The van der Waals surface area contributed by atoms with Crippen LogP contribution in [0.5, 0.6) is 5.75 Å². The molecule has 0 radical (unpaired) electrons. The van der Waals surface area contributed by atoms with Crippen molar-refractivity contribution in [2.75, 3.05) is 7.11 Å². The number of ether oxygens (including phenoxy) is 1. The number of hydrogen-bond donors (Lipinski definition) is 2. The second-order valence-electron chi connectivity index (χ2n) is 5.30. The van der Waals surface area contributed by atoms with Crippen molar-refractivity contribution in [2.45, 2.75) is 38.3 Å². The molecule has 21 heavy (non-hydrogen) atoms. The maximum atomic E-state index is 13.5. The van der Waals surface area contributed by atoms with Crippen molar-refractivity contribution in [2.24, 2.45) is 11.7 Å². The Kier molecular flexibility index (Phi) is 6.92. The van der Waals surface area contributed by atoms with Crippen molar-refractivity contribution >= 4 is 18.3 Å². The second-order valence-corrected chi connectivity index (χ2v) is 5.30. The van der Waals surface area contributed by atoms with E-state index in [9.17, 15) is 9.18 Å². The first kappa shape index (κ1) is 17.7. The molecule has 0 heterocycles. The predicted octanol–water partition coefficient (Wildman–Crippen LogP) is 2.39. The van der Waals surface area contributed by atoms with Gasteiger partial charge in [-0.05, 0) is 36.5 Å². The number of carbonyl (C=O) groups excluding carboxylic acids is 1. The van der Waals surface area contributed by atoms with E-state index in [4.69, 9.17) is 10.5 Å². The Hall–Kier alpha value is -1.33. The van der Waals surface area contributed by atoms with Crippen molar-refractivity contribution in [1.29, 1.82) is 0 Å². The van der Waals surface area contributed by atoms with Crippen LogP contribution in [0.3, 0.4) is 0 Å². The Morgan fingerprint density at radius 3 is 2.81 bits per heavy atom. The largest absolute Gasteiger partial charge is 0.494 e. The monoisotopic (exact) mass is 316 g/mol. The molecule has 118 valence electrons. The summed E-state index contributed by atoms with van der Waals surface area (Å²) < 4.78 is 18.3. The van der Waals surface area contributed by atoms with Crippen molar-refractivity contribution < 1.29 is 13.9 Å². The maximum absolute atomic E-state index is 13.5. The molecule has 6 heteroatoms. The lowest BCUT2D eigenvalue weighted by Crippen LogP contribution is -2.31. The lowest BCUT2D eigenvalue weighted by atomic mass is 10.00. The third-order valence-corrected chi connectivity index (χ3v) is 3.87. The summed E-state index contributed by atoms with van der Waals surface area (Å²) in [6.45, 7) is 0.321. The van der Waals surface area contributed by atoms with Gasteiger partial charge in [0.1, 0.15) is 0 Å². The first-order chi connectivity index (χ1) is 9.60. The van der Waals surface area contributed by atoms with E-state index in [1.165, 1.54) is 13.2 Å². The summed E-state index contributed by atoms with van der Waals surface area (Å²) in [5, 5.41) is 2.81. The van der Waals surface area contributed by atoms with Crippen LogP contribution in [0.1, 0.15) is 31.2 Å². The number of hydrogen-bond acceptors (Lipinski definition) is 3. The highest BCUT2D eigenvalue weighted by Crippen LogP contribution is 2.26. The fraction of sp³-hybridized carbons (Fsp3) is 0.533. The van der Waals surface area contributed by atoms with Crippen LogP contribution in [0, 0.1) is 11.7 Å². The van der Waals surface area contributed by atoms with Crippen LogP contribution in [-0.4, -0.2) is 19.1 Å². The van der Waals surface area contributed by atoms with E-state index in [0.29, 0.717) is 18.5 Å². The lowest BCUT2D eigenvalue weighted by molar-refractivity contribution is -0.122. The molecule has 0 unspecified atom stereocenters. The van der Waals surface area contributed by atoms with E-state index in [-0.39, 0.29) is 36.0 Å². The number of nitrogens with one attached hydrogen (secondary N) is 1. The summed E-state index contributed by atoms with van der Waals surface area (Å²) in [5.74, 6) is 0.0419. The van der Waals surface area contributed by atoms with E-state index < -0.39 is 5.82 Å². The normalized spacial score (nSPS) is 20.7. The molecule has 4 nitrogen and oxygen atoms in total. The molecular weight excluding hydrogens is 295 g/mol. The van der Waals surface area contributed by atoms with Crippen molar-refractivity contribution in [3.05, 3.63) is 29.6 Å². The van der Waals surface area contributed by atoms with Crippen LogP contribution in [0.25, 0.3) is 0 Å². The highest BCUT2D eigenvalue weighted by atomic mass is 35.5. The smallest absolute Gasteiger partial charge is 0.220 e. The van der Waals surface area contributed by atoms with Crippen LogP contribution in [0.4, 0.5) is 4.39 Å². The van der Waals surface area contributed by atoms with Gasteiger partial charge in [0.2, 0.25) is 5.91 Å². The number of rotatable bonds is 5. The summed E-state index contributed by atoms with van der Waals surface area (Å²) in [7, 11) is 1.42. The molecule has 0 saturated heterocycles. The number of halogens is 2. The molecule has 1 aromatic carbocycles. The second kappa shape index (κ2) is 8.20. The van der Waals surface area contributed by atoms with Gasteiger partial charge in [0.15, 0.2) is 11.6 Å². The summed E-state index contributed by atoms with van der Waals surface area (Å²) in [6, 6.07) is 4.81. The van der Waals surface area contributed by atoms with Gasteiger partial charge in [0.25, 0.3) is 0 Å². The standard InChI is InChI=1S/C15H21FN2O2.ClH/c1-20-14-6-5-10(7-12(14)16)9-18-15(19)8-11-3-2-4-13(11)17;/h5-7,11,13H,2-4,8-9,17H2,1H3,(H,18,19);1H/t11-,13+;/m0./s1. The highest BCUT2D eigenvalue weighted by molar-refractivity contribution is 5.85. The first-order valence-corrected chi connectivity index (χ1v) is 6.95. The molecule has 1 saturated carbocycles. The van der Waals surface area contributed by atoms with E-state index in [2.05, 4.69) is 5.32 Å². The van der Waals surface area contributed by atoms with E-state index >= 15 is 0 Å². The third kappa shape index (κ3) is 4.86. The summed E-state index contributed by atoms with van der Waals surface area (Å²) in [5.41, 5.74) is 6.66. The zero-order valence-corrected chi connectivity index (χ0v) is 12.9. The molecule has 0 spiro atoms. The highest BCUT2D eigenvalue weighted by Gasteiger charge is 2.25. The average molecular weight is 317 g/mol. The van der Waals surface area contributed by atoms with Crippen molar-refractivity contribution in [1.82, 2.24) is 5.32 Å². The van der Waals surface area contributed by atoms with Gasteiger partial charge in [-0.1, -0.05) is 12.5 Å². The van der Waals surface area contributed by atoms with Crippen LogP contribution >= 0.6 is 12.4 Å². The Bertz CT molecular complexity index is 485. The van der Waals surface area contributed by atoms with Crippen molar-refractivity contribution in [3.8, 4) is 5.75 Å². The molecule has 3 N–H and O–H groups in total. The minimum Gasteiger partial charge on any atom is -0.494 e. The fourth-order valence-electron chi connectivity index (χ4n) is 2.65. The minimum atomic E-state index is -0.419. The van der Waals surface area contributed by atoms with Gasteiger partial charge >= 0.3 is 0 Å². The van der Waals surface area contributed by atoms with Crippen LogP contribution in [0.15, 0.2) is 18.2 Å². The van der Waals surface area contributed by atoms with Gasteiger partial charge < -0.3 is 15.8 Å². The molecule has 2 atom stereocenters. The molecule has 0 bridgehead atoms. The molecule has 0 aliphatic heterocycles. The number of amides is 1. The van der Waals surface area contributed by atoms with Crippen LogP contribution < -0.4 is 15.8 Å². The molecule has 1 aliphatic carbocycles. The SMILES string of the molecule is COc1ccc(CNC(=O)C[C@@H]2CCC[C@H]2N)cc1F.Cl. The quantitative estimate of drug-likeness (QED) is 0.876. The van der Waals surface area contributed by atoms with E-state index in [1.54, 1.807) is 12.1 Å². The summed E-state index contributed by atoms with van der Waals surface area (Å²) in [4.78, 5) is 11.8. The Labute approximate surface area is 130 Å². The average Bonchev–Trinajstić information content (AvgIpc) is 2.82. The zero-order valence-electron chi connectivity index (χ0n) is 12.1. The van der Waals surface area contributed by atoms with Gasteiger partial charge in [-0.15, -0.1) is 12.4 Å². The van der Waals surface area contributed by atoms with E-state index in [1.807, 2.05) is 0 Å². The fourth-order valence-corrected chi connectivity index (χ4v) is 2.65. The van der Waals surface area contributed by atoms with Crippen LogP contribution in [-0.2, 0) is 11.3 Å². The molecule has 1 aliphatic rings. The number of benzene rings is 1.